The summed E-state index contributed by atoms with van der Waals surface area (Å²) in [5, 5.41) is 6.52. The van der Waals surface area contributed by atoms with E-state index in [0.29, 0.717) is 23.0 Å². The maximum absolute atomic E-state index is 12.9. The van der Waals surface area contributed by atoms with Crippen LogP contribution in [0.4, 0.5) is 0 Å². The fourth-order valence-corrected chi connectivity index (χ4v) is 4.43. The van der Waals surface area contributed by atoms with Gasteiger partial charge in [-0.1, -0.05) is 72.8 Å². The van der Waals surface area contributed by atoms with Crippen LogP contribution < -0.4 is 15.4 Å². The predicted molar refractivity (Wildman–Crippen MR) is 140 cm³/mol. The lowest BCUT2D eigenvalue weighted by Crippen LogP contribution is -2.48. The van der Waals surface area contributed by atoms with Crippen LogP contribution in [-0.2, 0) is 13.0 Å². The van der Waals surface area contributed by atoms with Crippen LogP contribution in [0.15, 0.2) is 84.9 Å². The molecule has 0 spiro atoms. The Hall–Kier alpha value is -3.22. The zero-order valence-corrected chi connectivity index (χ0v) is 20.1. The molecule has 0 radical (unpaired) electrons. The van der Waals surface area contributed by atoms with Crippen LogP contribution in [0.1, 0.15) is 34.3 Å². The van der Waals surface area contributed by atoms with Crippen molar-refractivity contribution in [2.24, 2.45) is 0 Å². The van der Waals surface area contributed by atoms with E-state index in [-0.39, 0.29) is 11.9 Å². The number of ether oxygens (including phenoxy) is 1. The Morgan fingerprint density at radius 2 is 1.50 bits per heavy atom. The summed E-state index contributed by atoms with van der Waals surface area (Å²) in [7, 11) is 0. The van der Waals surface area contributed by atoms with E-state index in [0.717, 1.165) is 38.9 Å². The van der Waals surface area contributed by atoms with Crippen molar-refractivity contribution in [3.8, 4) is 5.75 Å². The highest BCUT2D eigenvalue weighted by Gasteiger charge is 2.21. The van der Waals surface area contributed by atoms with Gasteiger partial charge < -0.3 is 10.1 Å². The molecule has 4 rings (SSSR count). The number of thiocarbonyl (C=S) groups is 1. The summed E-state index contributed by atoms with van der Waals surface area (Å²) >= 11 is 5.44. The molecule has 3 aromatic rings. The van der Waals surface area contributed by atoms with E-state index in [1.807, 2.05) is 42.5 Å². The van der Waals surface area contributed by atoms with Crippen molar-refractivity contribution in [3.63, 3.8) is 0 Å². The summed E-state index contributed by atoms with van der Waals surface area (Å²) in [6, 6.07) is 28.2. The van der Waals surface area contributed by atoms with E-state index in [9.17, 15) is 4.79 Å². The number of piperidine rings is 1. The number of hydrogen-bond donors (Lipinski definition) is 2. The lowest BCUT2D eigenvalue weighted by atomic mass is 10.0. The predicted octanol–water partition coefficient (Wildman–Crippen LogP) is 4.58. The van der Waals surface area contributed by atoms with Gasteiger partial charge in [-0.25, -0.2) is 0 Å². The van der Waals surface area contributed by atoms with Gasteiger partial charge in [0.25, 0.3) is 5.91 Å². The molecule has 0 aromatic heterocycles. The van der Waals surface area contributed by atoms with Crippen LogP contribution in [0.3, 0.4) is 0 Å². The summed E-state index contributed by atoms with van der Waals surface area (Å²) in [4.78, 5) is 15.3. The van der Waals surface area contributed by atoms with Crippen molar-refractivity contribution < 1.29 is 9.53 Å². The zero-order valence-electron chi connectivity index (χ0n) is 19.3. The normalized spacial score (nSPS) is 14.4. The Balaban J connectivity index is 1.23. The van der Waals surface area contributed by atoms with Gasteiger partial charge in [0.15, 0.2) is 5.11 Å². The number of nitrogens with one attached hydrogen (secondary N) is 2. The maximum Gasteiger partial charge on any atom is 0.261 e. The van der Waals surface area contributed by atoms with Gasteiger partial charge in [0.1, 0.15) is 5.75 Å². The van der Waals surface area contributed by atoms with Gasteiger partial charge in [-0.2, -0.15) is 0 Å². The van der Waals surface area contributed by atoms with Crippen molar-refractivity contribution in [2.45, 2.75) is 31.8 Å². The van der Waals surface area contributed by atoms with Crippen molar-refractivity contribution in [3.05, 3.63) is 102 Å². The SMILES string of the molecule is O=C(NC(=S)NC1CCN(Cc2ccccc2)CC1)c1ccccc1OCCc1ccccc1. The molecule has 34 heavy (non-hydrogen) atoms. The molecule has 5 nitrogen and oxygen atoms in total. The minimum Gasteiger partial charge on any atom is -0.492 e. The first-order chi connectivity index (χ1) is 16.7. The van der Waals surface area contributed by atoms with Gasteiger partial charge in [0.05, 0.1) is 12.2 Å². The number of carbonyl (C=O) groups excluding carboxylic acids is 1. The quantitative estimate of drug-likeness (QED) is 0.469. The first-order valence-corrected chi connectivity index (χ1v) is 12.2. The summed E-state index contributed by atoms with van der Waals surface area (Å²) in [5.74, 6) is 0.308. The average molecular weight is 474 g/mol. The molecule has 0 unspecified atom stereocenters. The first kappa shape index (κ1) is 23.9. The molecule has 1 saturated heterocycles. The molecule has 6 heteroatoms. The maximum atomic E-state index is 12.9. The third-order valence-electron chi connectivity index (χ3n) is 6.02. The van der Waals surface area contributed by atoms with E-state index in [2.05, 4.69) is 51.9 Å². The Morgan fingerprint density at radius 3 is 2.21 bits per heavy atom. The largest absolute Gasteiger partial charge is 0.492 e. The van der Waals surface area contributed by atoms with Crippen molar-refractivity contribution in [1.82, 2.24) is 15.5 Å². The van der Waals surface area contributed by atoms with Crippen LogP contribution in [0.25, 0.3) is 0 Å². The van der Waals surface area contributed by atoms with Crippen LogP contribution in [0, 0.1) is 0 Å². The monoisotopic (exact) mass is 473 g/mol. The van der Waals surface area contributed by atoms with Crippen LogP contribution in [0.5, 0.6) is 5.75 Å². The molecule has 0 bridgehead atoms. The Labute approximate surface area is 207 Å². The minimum absolute atomic E-state index is 0.255. The number of nitrogens with zero attached hydrogens (tertiary/aromatic N) is 1. The summed E-state index contributed by atoms with van der Waals surface area (Å²) in [5.41, 5.74) is 3.02. The Bertz CT molecular complexity index is 1070. The highest BCUT2D eigenvalue weighted by Crippen LogP contribution is 2.19. The topological polar surface area (TPSA) is 53.6 Å². The lowest BCUT2D eigenvalue weighted by molar-refractivity contribution is 0.0972. The zero-order chi connectivity index (χ0) is 23.6. The molecule has 0 saturated carbocycles. The number of hydrogen-bond acceptors (Lipinski definition) is 4. The summed E-state index contributed by atoms with van der Waals surface area (Å²) < 4.78 is 5.92. The number of para-hydroxylation sites is 1. The van der Waals surface area contributed by atoms with E-state index in [1.165, 1.54) is 11.1 Å². The third kappa shape index (κ3) is 7.14. The number of carbonyl (C=O) groups is 1. The number of rotatable bonds is 8. The molecule has 3 aromatic carbocycles. The fraction of sp³-hybridized carbons (Fsp3) is 0.286. The standard InChI is InChI=1S/C28H31N3O2S/c32-27(25-13-7-8-14-26(25)33-20-17-22-9-3-1-4-10-22)30-28(34)29-24-15-18-31(19-16-24)21-23-11-5-2-6-12-23/h1-14,24H,15-21H2,(H2,29,30,32,34). The molecule has 1 aliphatic heterocycles. The number of likely N-dealkylation sites (tertiary alicyclic amines) is 1. The van der Waals surface area contributed by atoms with Crippen molar-refractivity contribution in [1.29, 1.82) is 0 Å². The first-order valence-electron chi connectivity index (χ1n) is 11.8. The minimum atomic E-state index is -0.255. The molecule has 0 atom stereocenters. The highest BCUT2D eigenvalue weighted by molar-refractivity contribution is 7.80. The van der Waals surface area contributed by atoms with Gasteiger partial charge in [-0.15, -0.1) is 0 Å². The molecule has 1 aliphatic rings. The van der Waals surface area contributed by atoms with Gasteiger partial charge >= 0.3 is 0 Å². The van der Waals surface area contributed by atoms with Gasteiger partial charge in [0, 0.05) is 32.1 Å². The van der Waals surface area contributed by atoms with Crippen molar-refractivity contribution >= 4 is 23.2 Å². The van der Waals surface area contributed by atoms with Gasteiger partial charge in [-0.3, -0.25) is 15.0 Å². The lowest BCUT2D eigenvalue weighted by Gasteiger charge is -2.32. The fourth-order valence-electron chi connectivity index (χ4n) is 4.17. The molecule has 2 N–H and O–H groups in total. The molecule has 1 amide bonds. The number of amides is 1. The van der Waals surface area contributed by atoms with E-state index in [4.69, 9.17) is 17.0 Å². The van der Waals surface area contributed by atoms with E-state index >= 15 is 0 Å². The number of benzene rings is 3. The molecular formula is C28H31N3O2S. The van der Waals surface area contributed by atoms with Crippen LogP contribution in [0.2, 0.25) is 0 Å². The van der Waals surface area contributed by atoms with Crippen molar-refractivity contribution in [2.75, 3.05) is 19.7 Å². The van der Waals surface area contributed by atoms with Gasteiger partial charge in [0.2, 0.25) is 0 Å². The molecule has 1 fully saturated rings. The second-order valence-corrected chi connectivity index (χ2v) is 8.95. The third-order valence-corrected chi connectivity index (χ3v) is 6.24. The Morgan fingerprint density at radius 1 is 0.882 bits per heavy atom. The molecule has 1 heterocycles. The average Bonchev–Trinajstić information content (AvgIpc) is 2.87. The summed E-state index contributed by atoms with van der Waals surface area (Å²) in [6.45, 7) is 3.47. The Kier molecular flexibility index (Phi) is 8.65. The molecule has 0 aliphatic carbocycles. The summed E-state index contributed by atoms with van der Waals surface area (Å²) in [6.07, 6.45) is 2.75. The second kappa shape index (κ2) is 12.3. The van der Waals surface area contributed by atoms with E-state index in [1.54, 1.807) is 6.07 Å². The molecule has 176 valence electrons. The second-order valence-electron chi connectivity index (χ2n) is 8.54. The van der Waals surface area contributed by atoms with Gasteiger partial charge in [-0.05, 0) is 48.3 Å². The van der Waals surface area contributed by atoms with E-state index < -0.39 is 0 Å². The van der Waals surface area contributed by atoms with Crippen LogP contribution >= 0.6 is 12.2 Å². The smallest absolute Gasteiger partial charge is 0.261 e. The highest BCUT2D eigenvalue weighted by atomic mass is 32.1. The van der Waals surface area contributed by atoms with Crippen LogP contribution in [-0.4, -0.2) is 41.7 Å². The molecular weight excluding hydrogens is 442 g/mol.